The molecular formula is C13H14F3N3. The second-order valence-corrected chi connectivity index (χ2v) is 4.17. The second-order valence-electron chi connectivity index (χ2n) is 4.17. The van der Waals surface area contributed by atoms with E-state index >= 15 is 0 Å². The van der Waals surface area contributed by atoms with E-state index in [2.05, 4.69) is 4.98 Å². The minimum absolute atomic E-state index is 0.399. The van der Waals surface area contributed by atoms with E-state index in [9.17, 15) is 13.2 Å². The molecule has 1 aromatic heterocycles. The first kappa shape index (κ1) is 13.6. The fraction of sp³-hybridized carbons (Fsp3) is 0.308. The zero-order valence-electron chi connectivity index (χ0n) is 10.4. The molecule has 0 fully saturated rings. The normalized spacial score (nSPS) is 13.5. The number of hydrogen-bond acceptors (Lipinski definition) is 2. The van der Waals surface area contributed by atoms with E-state index in [4.69, 9.17) is 5.73 Å². The fourth-order valence-electron chi connectivity index (χ4n) is 1.92. The molecule has 0 amide bonds. The number of nitrogens with zero attached hydrogens (tertiary/aromatic N) is 2. The van der Waals surface area contributed by atoms with Crippen LogP contribution < -0.4 is 5.73 Å². The summed E-state index contributed by atoms with van der Waals surface area (Å²) in [5.41, 5.74) is 5.70. The van der Waals surface area contributed by atoms with Crippen LogP contribution in [0.1, 0.15) is 29.9 Å². The molecule has 0 saturated heterocycles. The van der Waals surface area contributed by atoms with Gasteiger partial charge in [-0.15, -0.1) is 0 Å². The zero-order chi connectivity index (χ0) is 14.0. The maximum Gasteiger partial charge on any atom is 0.416 e. The lowest BCUT2D eigenvalue weighted by Gasteiger charge is -2.15. The summed E-state index contributed by atoms with van der Waals surface area (Å²) >= 11 is 0. The molecular weight excluding hydrogens is 255 g/mol. The van der Waals surface area contributed by atoms with E-state index in [1.807, 2.05) is 11.5 Å². The van der Waals surface area contributed by atoms with Gasteiger partial charge in [0, 0.05) is 18.9 Å². The molecule has 0 aliphatic carbocycles. The largest absolute Gasteiger partial charge is 0.416 e. The van der Waals surface area contributed by atoms with Gasteiger partial charge in [-0.2, -0.15) is 13.2 Å². The number of hydrogen-bond donors (Lipinski definition) is 1. The first-order chi connectivity index (χ1) is 8.93. The number of aromatic nitrogens is 2. The fourth-order valence-corrected chi connectivity index (χ4v) is 1.92. The van der Waals surface area contributed by atoms with Crippen molar-refractivity contribution in [1.82, 2.24) is 9.55 Å². The van der Waals surface area contributed by atoms with Crippen molar-refractivity contribution >= 4 is 0 Å². The van der Waals surface area contributed by atoms with Crippen LogP contribution in [0.25, 0.3) is 0 Å². The number of imidazole rings is 1. The zero-order valence-corrected chi connectivity index (χ0v) is 10.4. The third kappa shape index (κ3) is 2.78. The Hall–Kier alpha value is -1.82. The van der Waals surface area contributed by atoms with E-state index in [0.717, 1.165) is 12.1 Å². The third-order valence-corrected chi connectivity index (χ3v) is 2.94. The molecule has 3 nitrogen and oxygen atoms in total. The lowest BCUT2D eigenvalue weighted by atomic mass is 10.0. The summed E-state index contributed by atoms with van der Waals surface area (Å²) in [5, 5.41) is 0. The maximum absolute atomic E-state index is 12.7. The number of alkyl halides is 3. The van der Waals surface area contributed by atoms with Gasteiger partial charge < -0.3 is 10.3 Å². The number of rotatable bonds is 3. The Morgan fingerprint density at radius 3 is 2.74 bits per heavy atom. The Labute approximate surface area is 108 Å². The smallest absolute Gasteiger partial charge is 0.334 e. The highest BCUT2D eigenvalue weighted by Gasteiger charge is 2.31. The Morgan fingerprint density at radius 1 is 1.37 bits per heavy atom. The van der Waals surface area contributed by atoms with Crippen LogP contribution in [0.5, 0.6) is 0 Å². The van der Waals surface area contributed by atoms with Crippen molar-refractivity contribution in [2.24, 2.45) is 5.73 Å². The summed E-state index contributed by atoms with van der Waals surface area (Å²) in [6.07, 6.45) is -1.02. The molecule has 19 heavy (non-hydrogen) atoms. The van der Waals surface area contributed by atoms with Gasteiger partial charge in [-0.3, -0.25) is 0 Å². The van der Waals surface area contributed by atoms with Gasteiger partial charge in [0.15, 0.2) is 0 Å². The minimum Gasteiger partial charge on any atom is -0.334 e. The summed E-state index contributed by atoms with van der Waals surface area (Å²) in [5.74, 6) is 0.557. The predicted octanol–water partition coefficient (Wildman–Crippen LogP) is 2.97. The highest BCUT2D eigenvalue weighted by Crippen LogP contribution is 2.31. The topological polar surface area (TPSA) is 43.8 Å². The Balaban J connectivity index is 2.37. The average molecular weight is 269 g/mol. The molecule has 0 radical (unpaired) electrons. The first-order valence-corrected chi connectivity index (χ1v) is 5.87. The van der Waals surface area contributed by atoms with Gasteiger partial charge in [-0.1, -0.05) is 12.1 Å². The van der Waals surface area contributed by atoms with Crippen molar-refractivity contribution in [3.63, 3.8) is 0 Å². The first-order valence-electron chi connectivity index (χ1n) is 5.87. The van der Waals surface area contributed by atoms with Gasteiger partial charge >= 0.3 is 6.18 Å². The van der Waals surface area contributed by atoms with E-state index in [1.54, 1.807) is 18.5 Å². The van der Waals surface area contributed by atoms with Crippen molar-refractivity contribution in [2.75, 3.05) is 0 Å². The van der Waals surface area contributed by atoms with Crippen LogP contribution in [-0.4, -0.2) is 9.55 Å². The Kier molecular flexibility index (Phi) is 3.61. The molecule has 2 aromatic rings. The van der Waals surface area contributed by atoms with Gasteiger partial charge in [0.1, 0.15) is 5.82 Å². The predicted molar refractivity (Wildman–Crippen MR) is 65.4 cm³/mol. The summed E-state index contributed by atoms with van der Waals surface area (Å²) in [6, 6.07) is 4.37. The van der Waals surface area contributed by atoms with Crippen molar-refractivity contribution in [3.8, 4) is 0 Å². The monoisotopic (exact) mass is 269 g/mol. The molecule has 1 aromatic carbocycles. The molecule has 0 bridgehead atoms. The Morgan fingerprint density at radius 2 is 2.11 bits per heavy atom. The van der Waals surface area contributed by atoms with Crippen molar-refractivity contribution in [1.29, 1.82) is 0 Å². The number of aryl methyl sites for hydroxylation is 1. The van der Waals surface area contributed by atoms with Crippen LogP contribution in [-0.2, 0) is 12.7 Å². The summed E-state index contributed by atoms with van der Waals surface area (Å²) < 4.78 is 39.8. The molecule has 0 aliphatic rings. The Bertz CT molecular complexity index is 560. The SMILES string of the molecule is CCn1ccnc1C(N)c1cccc(C(F)(F)F)c1. The van der Waals surface area contributed by atoms with Crippen LogP contribution in [0.2, 0.25) is 0 Å². The highest BCUT2D eigenvalue weighted by molar-refractivity contribution is 5.31. The summed E-state index contributed by atoms with van der Waals surface area (Å²) in [6.45, 7) is 2.59. The molecule has 2 rings (SSSR count). The molecule has 0 spiro atoms. The molecule has 6 heteroatoms. The van der Waals surface area contributed by atoms with Crippen molar-refractivity contribution < 1.29 is 13.2 Å². The molecule has 1 atom stereocenters. The molecule has 1 unspecified atom stereocenters. The quantitative estimate of drug-likeness (QED) is 0.931. The molecule has 0 saturated carbocycles. The average Bonchev–Trinajstić information content (AvgIpc) is 2.85. The van der Waals surface area contributed by atoms with E-state index < -0.39 is 17.8 Å². The molecule has 0 aliphatic heterocycles. The highest BCUT2D eigenvalue weighted by atomic mass is 19.4. The number of benzene rings is 1. The van der Waals surface area contributed by atoms with Crippen molar-refractivity contribution in [2.45, 2.75) is 25.7 Å². The van der Waals surface area contributed by atoms with Crippen LogP contribution in [0.4, 0.5) is 13.2 Å². The van der Waals surface area contributed by atoms with Gasteiger partial charge in [0.05, 0.1) is 11.6 Å². The van der Waals surface area contributed by atoms with Gasteiger partial charge in [-0.25, -0.2) is 4.98 Å². The lowest BCUT2D eigenvalue weighted by molar-refractivity contribution is -0.137. The number of nitrogens with two attached hydrogens (primary N) is 1. The number of halogens is 3. The summed E-state index contributed by atoms with van der Waals surface area (Å²) in [7, 11) is 0. The van der Waals surface area contributed by atoms with Gasteiger partial charge in [0.2, 0.25) is 0 Å². The van der Waals surface area contributed by atoms with E-state index in [-0.39, 0.29) is 0 Å². The molecule has 2 N–H and O–H groups in total. The third-order valence-electron chi connectivity index (χ3n) is 2.94. The maximum atomic E-state index is 12.7. The van der Waals surface area contributed by atoms with Gasteiger partial charge in [0.25, 0.3) is 0 Å². The lowest BCUT2D eigenvalue weighted by Crippen LogP contribution is -2.18. The second kappa shape index (κ2) is 5.05. The van der Waals surface area contributed by atoms with Crippen LogP contribution in [0.3, 0.4) is 0 Å². The standard InChI is InChI=1S/C13H14F3N3/c1-2-19-7-6-18-12(19)11(17)9-4-3-5-10(8-9)13(14,15)16/h3-8,11H,2,17H2,1H3. The minimum atomic E-state index is -4.37. The summed E-state index contributed by atoms with van der Waals surface area (Å²) in [4.78, 5) is 4.11. The van der Waals surface area contributed by atoms with Crippen LogP contribution >= 0.6 is 0 Å². The molecule has 102 valence electrons. The van der Waals surface area contributed by atoms with Crippen LogP contribution in [0.15, 0.2) is 36.7 Å². The van der Waals surface area contributed by atoms with E-state index in [0.29, 0.717) is 17.9 Å². The van der Waals surface area contributed by atoms with Crippen LogP contribution in [0, 0.1) is 0 Å². The van der Waals surface area contributed by atoms with E-state index in [1.165, 1.54) is 6.07 Å². The molecule has 1 heterocycles. The van der Waals surface area contributed by atoms with Gasteiger partial charge in [-0.05, 0) is 24.6 Å². The van der Waals surface area contributed by atoms with Crippen molar-refractivity contribution in [3.05, 3.63) is 53.6 Å².